The molecular formula is C21H37N. The summed E-state index contributed by atoms with van der Waals surface area (Å²) in [6.45, 7) is 2.30. The Morgan fingerprint density at radius 3 is 1.82 bits per heavy atom. The molecule has 0 aliphatic heterocycles. The van der Waals surface area contributed by atoms with Crippen molar-refractivity contribution in [1.82, 2.24) is 0 Å². The summed E-state index contributed by atoms with van der Waals surface area (Å²) in [4.78, 5) is 0. The molecule has 2 aliphatic rings. The molecule has 2 saturated carbocycles. The van der Waals surface area contributed by atoms with E-state index >= 15 is 0 Å². The number of unbranched alkanes of at least 4 members (excludes halogenated alkanes) is 4. The van der Waals surface area contributed by atoms with Crippen LogP contribution in [0.15, 0.2) is 0 Å². The van der Waals surface area contributed by atoms with Crippen molar-refractivity contribution in [1.29, 1.82) is 5.26 Å². The first-order chi connectivity index (χ1) is 10.8. The van der Waals surface area contributed by atoms with Gasteiger partial charge in [-0.1, -0.05) is 58.3 Å². The summed E-state index contributed by atoms with van der Waals surface area (Å²) in [7, 11) is 0. The Hall–Kier alpha value is -0.510. The van der Waals surface area contributed by atoms with E-state index in [0.29, 0.717) is 0 Å². The molecule has 0 heterocycles. The fourth-order valence-corrected chi connectivity index (χ4v) is 4.98. The van der Waals surface area contributed by atoms with Gasteiger partial charge in [-0.3, -0.25) is 0 Å². The summed E-state index contributed by atoms with van der Waals surface area (Å²) in [6.07, 6.45) is 21.0. The highest BCUT2D eigenvalue weighted by Gasteiger charge is 2.30. The van der Waals surface area contributed by atoms with E-state index < -0.39 is 0 Å². The average Bonchev–Trinajstić information content (AvgIpc) is 2.56. The fraction of sp³-hybridized carbons (Fsp3) is 0.952. The average molecular weight is 304 g/mol. The van der Waals surface area contributed by atoms with Gasteiger partial charge in [0.25, 0.3) is 0 Å². The lowest BCUT2D eigenvalue weighted by Crippen LogP contribution is -2.25. The first kappa shape index (κ1) is 17.8. The molecule has 0 aromatic rings. The molecule has 0 spiro atoms. The highest BCUT2D eigenvalue weighted by atomic mass is 14.4. The van der Waals surface area contributed by atoms with Crippen LogP contribution >= 0.6 is 0 Å². The van der Waals surface area contributed by atoms with E-state index in [1.165, 1.54) is 89.9 Å². The van der Waals surface area contributed by atoms with Gasteiger partial charge >= 0.3 is 0 Å². The minimum Gasteiger partial charge on any atom is -0.198 e. The molecule has 2 aliphatic carbocycles. The lowest BCUT2D eigenvalue weighted by molar-refractivity contribution is 0.143. The molecule has 126 valence electrons. The van der Waals surface area contributed by atoms with Crippen LogP contribution in [-0.2, 0) is 0 Å². The lowest BCUT2D eigenvalue weighted by Gasteiger charge is -2.37. The predicted octanol–water partition coefficient (Wildman–Crippen LogP) is 6.87. The highest BCUT2D eigenvalue weighted by molar-refractivity contribution is 4.85. The molecule has 1 nitrogen and oxygen atoms in total. The molecule has 0 aromatic heterocycles. The maximum atomic E-state index is 8.83. The normalized spacial score (nSPS) is 32.5. The summed E-state index contributed by atoms with van der Waals surface area (Å²) in [5, 5.41) is 8.83. The molecule has 0 radical (unpaired) electrons. The molecule has 0 bridgehead atoms. The summed E-state index contributed by atoms with van der Waals surface area (Å²) in [5.74, 6) is 3.80. The molecule has 22 heavy (non-hydrogen) atoms. The summed E-state index contributed by atoms with van der Waals surface area (Å²) < 4.78 is 0. The molecule has 2 rings (SSSR count). The second kappa shape index (κ2) is 10.3. The van der Waals surface area contributed by atoms with Crippen molar-refractivity contribution in [2.24, 2.45) is 23.7 Å². The first-order valence-corrected chi connectivity index (χ1v) is 10.2. The standard InChI is InChI=1S/C21H37N/c1-2-3-4-5-6-7-18-8-12-20(13-9-18)21-14-10-19(11-15-21)16-17-22/h18-21H,2-16H2,1H3. The third-order valence-corrected chi connectivity index (χ3v) is 6.55. The molecular weight excluding hydrogens is 266 g/mol. The smallest absolute Gasteiger partial charge is 0.0624 e. The Morgan fingerprint density at radius 2 is 1.27 bits per heavy atom. The predicted molar refractivity (Wildman–Crippen MR) is 94.5 cm³/mol. The zero-order valence-corrected chi connectivity index (χ0v) is 14.9. The van der Waals surface area contributed by atoms with Gasteiger partial charge in [0, 0.05) is 6.42 Å². The Morgan fingerprint density at radius 1 is 0.727 bits per heavy atom. The van der Waals surface area contributed by atoms with Crippen LogP contribution in [0.3, 0.4) is 0 Å². The van der Waals surface area contributed by atoms with E-state index in [1.807, 2.05) is 0 Å². The van der Waals surface area contributed by atoms with E-state index in [2.05, 4.69) is 13.0 Å². The van der Waals surface area contributed by atoms with Gasteiger partial charge in [-0.25, -0.2) is 0 Å². The van der Waals surface area contributed by atoms with Crippen LogP contribution < -0.4 is 0 Å². The van der Waals surface area contributed by atoms with Crippen LogP contribution in [0.2, 0.25) is 0 Å². The van der Waals surface area contributed by atoms with E-state index in [0.717, 1.165) is 30.1 Å². The molecule has 0 unspecified atom stereocenters. The van der Waals surface area contributed by atoms with E-state index in [1.54, 1.807) is 0 Å². The van der Waals surface area contributed by atoms with E-state index in [-0.39, 0.29) is 0 Å². The van der Waals surface area contributed by atoms with Crippen molar-refractivity contribution in [3.05, 3.63) is 0 Å². The van der Waals surface area contributed by atoms with Gasteiger partial charge in [0.2, 0.25) is 0 Å². The molecule has 2 fully saturated rings. The summed E-state index contributed by atoms with van der Waals surface area (Å²) in [5.41, 5.74) is 0. The molecule has 0 saturated heterocycles. The summed E-state index contributed by atoms with van der Waals surface area (Å²) >= 11 is 0. The van der Waals surface area contributed by atoms with Crippen molar-refractivity contribution in [2.75, 3.05) is 0 Å². The molecule has 1 heteroatoms. The first-order valence-electron chi connectivity index (χ1n) is 10.2. The van der Waals surface area contributed by atoms with Gasteiger partial charge in [-0.05, 0) is 62.2 Å². The number of rotatable bonds is 8. The van der Waals surface area contributed by atoms with Crippen LogP contribution in [0.5, 0.6) is 0 Å². The molecule has 0 atom stereocenters. The molecule has 0 N–H and O–H groups in total. The van der Waals surface area contributed by atoms with Crippen molar-refractivity contribution < 1.29 is 0 Å². The van der Waals surface area contributed by atoms with Gasteiger partial charge in [0.1, 0.15) is 0 Å². The molecule has 0 aromatic carbocycles. The van der Waals surface area contributed by atoms with Gasteiger partial charge in [-0.2, -0.15) is 5.26 Å². The minimum atomic E-state index is 0.723. The Bertz CT molecular complexity index is 313. The fourth-order valence-electron chi connectivity index (χ4n) is 4.98. The van der Waals surface area contributed by atoms with Crippen LogP contribution in [0.25, 0.3) is 0 Å². The third kappa shape index (κ3) is 5.94. The van der Waals surface area contributed by atoms with Crippen LogP contribution in [0.4, 0.5) is 0 Å². The van der Waals surface area contributed by atoms with E-state index in [4.69, 9.17) is 5.26 Å². The number of nitrogens with zero attached hydrogens (tertiary/aromatic N) is 1. The quantitative estimate of drug-likeness (QED) is 0.449. The van der Waals surface area contributed by atoms with Crippen molar-refractivity contribution in [3.8, 4) is 6.07 Å². The molecule has 0 amide bonds. The summed E-state index contributed by atoms with van der Waals surface area (Å²) in [6, 6.07) is 2.37. The minimum absolute atomic E-state index is 0.723. The number of nitriles is 1. The van der Waals surface area contributed by atoms with Crippen molar-refractivity contribution >= 4 is 0 Å². The van der Waals surface area contributed by atoms with Gasteiger partial charge in [0.05, 0.1) is 6.07 Å². The van der Waals surface area contributed by atoms with Crippen molar-refractivity contribution in [2.45, 2.75) is 103 Å². The monoisotopic (exact) mass is 303 g/mol. The van der Waals surface area contributed by atoms with Gasteiger partial charge < -0.3 is 0 Å². The zero-order valence-electron chi connectivity index (χ0n) is 14.9. The van der Waals surface area contributed by atoms with Gasteiger partial charge in [-0.15, -0.1) is 0 Å². The third-order valence-electron chi connectivity index (χ3n) is 6.55. The Labute approximate surface area is 138 Å². The highest BCUT2D eigenvalue weighted by Crippen LogP contribution is 2.42. The van der Waals surface area contributed by atoms with Gasteiger partial charge in [0.15, 0.2) is 0 Å². The number of hydrogen-bond donors (Lipinski definition) is 0. The second-order valence-corrected chi connectivity index (χ2v) is 8.13. The largest absolute Gasteiger partial charge is 0.198 e. The topological polar surface area (TPSA) is 23.8 Å². The van der Waals surface area contributed by atoms with Crippen molar-refractivity contribution in [3.63, 3.8) is 0 Å². The van der Waals surface area contributed by atoms with Crippen LogP contribution in [0.1, 0.15) is 103 Å². The maximum Gasteiger partial charge on any atom is 0.0624 e. The lowest BCUT2D eigenvalue weighted by atomic mass is 9.68. The number of hydrogen-bond acceptors (Lipinski definition) is 1. The van der Waals surface area contributed by atoms with Crippen LogP contribution in [0, 0.1) is 35.0 Å². The van der Waals surface area contributed by atoms with Crippen LogP contribution in [-0.4, -0.2) is 0 Å². The zero-order chi connectivity index (χ0) is 15.6. The SMILES string of the molecule is CCCCCCCC1CCC(C2CCC(CC#N)CC2)CC1. The Kier molecular flexibility index (Phi) is 8.35. The Balaban J connectivity index is 1.56. The maximum absolute atomic E-state index is 8.83. The second-order valence-electron chi connectivity index (χ2n) is 8.13. The van der Waals surface area contributed by atoms with E-state index in [9.17, 15) is 0 Å².